The van der Waals surface area contributed by atoms with Gasteiger partial charge in [-0.1, -0.05) is 61.8 Å². The standard InChI is InChI=1S/C24H27N3O2/c1-15-5-7-16(8-6-15)21-13-19(29-27-21)14-25-23(28)22-12-17-11-18(24(2,3)4)9-10-20(17)26-22/h5-12,19,26H,13-14H2,1-4H3,(H,25,28). The number of nitrogens with zero attached hydrogens (tertiary/aromatic N) is 1. The number of aromatic amines is 1. The summed E-state index contributed by atoms with van der Waals surface area (Å²) in [6.07, 6.45) is 0.539. The molecule has 0 radical (unpaired) electrons. The first-order valence-electron chi connectivity index (χ1n) is 10.0. The predicted octanol–water partition coefficient (Wildman–Crippen LogP) is 4.70. The quantitative estimate of drug-likeness (QED) is 0.679. The Morgan fingerprint density at radius 3 is 2.66 bits per heavy atom. The lowest BCUT2D eigenvalue weighted by Crippen LogP contribution is -2.32. The molecular formula is C24H27N3O2. The van der Waals surface area contributed by atoms with Crippen molar-refractivity contribution in [3.05, 3.63) is 70.9 Å². The predicted molar refractivity (Wildman–Crippen MR) is 117 cm³/mol. The van der Waals surface area contributed by atoms with Gasteiger partial charge in [-0.3, -0.25) is 4.79 Å². The first-order chi connectivity index (χ1) is 13.8. The molecule has 1 amide bonds. The number of nitrogens with one attached hydrogen (secondary N) is 2. The highest BCUT2D eigenvalue weighted by molar-refractivity contribution is 6.01. The maximum absolute atomic E-state index is 12.6. The molecule has 150 valence electrons. The molecule has 2 aromatic carbocycles. The van der Waals surface area contributed by atoms with E-state index in [1.165, 1.54) is 11.1 Å². The van der Waals surface area contributed by atoms with Crippen LogP contribution in [0.4, 0.5) is 0 Å². The van der Waals surface area contributed by atoms with Gasteiger partial charge in [-0.05, 0) is 41.7 Å². The topological polar surface area (TPSA) is 66.5 Å². The molecule has 2 N–H and O–H groups in total. The number of oxime groups is 1. The summed E-state index contributed by atoms with van der Waals surface area (Å²) >= 11 is 0. The molecule has 1 unspecified atom stereocenters. The average Bonchev–Trinajstić information content (AvgIpc) is 3.32. The lowest BCUT2D eigenvalue weighted by atomic mass is 9.86. The minimum atomic E-state index is -0.146. The largest absolute Gasteiger partial charge is 0.390 e. The van der Waals surface area contributed by atoms with Crippen LogP contribution in [-0.2, 0) is 10.3 Å². The van der Waals surface area contributed by atoms with E-state index >= 15 is 0 Å². The minimum absolute atomic E-state index is 0.0723. The van der Waals surface area contributed by atoms with E-state index in [1.807, 2.05) is 12.1 Å². The third kappa shape index (κ3) is 4.19. The summed E-state index contributed by atoms with van der Waals surface area (Å²) in [4.78, 5) is 21.3. The molecule has 0 bridgehead atoms. The van der Waals surface area contributed by atoms with Gasteiger partial charge in [0.2, 0.25) is 0 Å². The van der Waals surface area contributed by atoms with Crippen molar-refractivity contribution in [2.75, 3.05) is 6.54 Å². The highest BCUT2D eigenvalue weighted by Crippen LogP contribution is 2.26. The van der Waals surface area contributed by atoms with Gasteiger partial charge >= 0.3 is 0 Å². The van der Waals surface area contributed by atoms with Crippen molar-refractivity contribution >= 4 is 22.5 Å². The summed E-state index contributed by atoms with van der Waals surface area (Å²) in [6.45, 7) is 9.03. The van der Waals surface area contributed by atoms with Crippen LogP contribution in [0.15, 0.2) is 53.7 Å². The number of rotatable bonds is 4. The second-order valence-electron chi connectivity index (χ2n) is 8.78. The number of hydrogen-bond donors (Lipinski definition) is 2. The number of carbonyl (C=O) groups is 1. The zero-order valence-electron chi connectivity index (χ0n) is 17.4. The molecule has 2 heterocycles. The molecule has 29 heavy (non-hydrogen) atoms. The van der Waals surface area contributed by atoms with E-state index in [2.05, 4.69) is 79.5 Å². The zero-order chi connectivity index (χ0) is 20.6. The molecular weight excluding hydrogens is 362 g/mol. The van der Waals surface area contributed by atoms with Crippen molar-refractivity contribution in [1.82, 2.24) is 10.3 Å². The Morgan fingerprint density at radius 2 is 1.93 bits per heavy atom. The average molecular weight is 389 g/mol. The molecule has 5 nitrogen and oxygen atoms in total. The summed E-state index contributed by atoms with van der Waals surface area (Å²) in [7, 11) is 0. The number of aromatic nitrogens is 1. The van der Waals surface area contributed by atoms with Gasteiger partial charge in [-0.15, -0.1) is 0 Å². The van der Waals surface area contributed by atoms with Crippen LogP contribution in [0.5, 0.6) is 0 Å². The van der Waals surface area contributed by atoms with Gasteiger partial charge in [0, 0.05) is 17.3 Å². The minimum Gasteiger partial charge on any atom is -0.390 e. The third-order valence-electron chi connectivity index (χ3n) is 5.34. The fourth-order valence-electron chi connectivity index (χ4n) is 3.48. The molecule has 1 aliphatic rings. The number of carbonyl (C=O) groups excluding carboxylic acids is 1. The van der Waals surface area contributed by atoms with Gasteiger partial charge in [0.25, 0.3) is 5.91 Å². The fourth-order valence-corrected chi connectivity index (χ4v) is 3.48. The van der Waals surface area contributed by atoms with Crippen LogP contribution in [0.25, 0.3) is 10.9 Å². The second kappa shape index (κ2) is 7.39. The van der Waals surface area contributed by atoms with Gasteiger partial charge < -0.3 is 15.1 Å². The first kappa shape index (κ1) is 19.2. The SMILES string of the molecule is Cc1ccc(C2=NOC(CNC(=O)c3cc4cc(C(C)(C)C)ccc4[nH]3)C2)cc1. The zero-order valence-corrected chi connectivity index (χ0v) is 17.4. The number of aryl methyl sites for hydroxylation is 1. The van der Waals surface area contributed by atoms with E-state index in [-0.39, 0.29) is 17.4 Å². The molecule has 0 fully saturated rings. The van der Waals surface area contributed by atoms with Gasteiger partial charge in [-0.25, -0.2) is 0 Å². The van der Waals surface area contributed by atoms with Gasteiger partial charge in [0.15, 0.2) is 0 Å². The monoisotopic (exact) mass is 389 g/mol. The van der Waals surface area contributed by atoms with E-state index in [1.54, 1.807) is 0 Å². The Kier molecular flexibility index (Phi) is 4.91. The van der Waals surface area contributed by atoms with Crippen LogP contribution < -0.4 is 5.32 Å². The summed E-state index contributed by atoms with van der Waals surface area (Å²) in [5, 5.41) is 8.20. The number of hydrogen-bond acceptors (Lipinski definition) is 3. The highest BCUT2D eigenvalue weighted by atomic mass is 16.6. The van der Waals surface area contributed by atoms with E-state index in [4.69, 9.17) is 4.84 Å². The molecule has 0 saturated carbocycles. The van der Waals surface area contributed by atoms with Gasteiger partial charge in [-0.2, -0.15) is 0 Å². The van der Waals surface area contributed by atoms with E-state index in [0.29, 0.717) is 18.7 Å². The Morgan fingerprint density at radius 1 is 1.17 bits per heavy atom. The Bertz CT molecular complexity index is 1070. The number of amides is 1. The van der Waals surface area contributed by atoms with Crippen molar-refractivity contribution in [2.24, 2.45) is 5.16 Å². The maximum Gasteiger partial charge on any atom is 0.267 e. The molecule has 5 heteroatoms. The molecule has 1 atom stereocenters. The summed E-state index contributed by atoms with van der Waals surface area (Å²) in [5.74, 6) is -0.133. The molecule has 3 aromatic rings. The highest BCUT2D eigenvalue weighted by Gasteiger charge is 2.23. The van der Waals surface area contributed by atoms with Crippen LogP contribution in [-0.4, -0.2) is 29.3 Å². The van der Waals surface area contributed by atoms with Crippen molar-refractivity contribution in [2.45, 2.75) is 45.6 Å². The van der Waals surface area contributed by atoms with Crippen LogP contribution >= 0.6 is 0 Å². The van der Waals surface area contributed by atoms with Crippen LogP contribution in [0, 0.1) is 6.92 Å². The summed E-state index contributed by atoms with van der Waals surface area (Å²) in [5.41, 5.74) is 6.04. The van der Waals surface area contributed by atoms with Crippen LogP contribution in [0.1, 0.15) is 54.4 Å². The second-order valence-corrected chi connectivity index (χ2v) is 8.78. The lowest BCUT2D eigenvalue weighted by Gasteiger charge is -2.18. The molecule has 0 aliphatic carbocycles. The van der Waals surface area contributed by atoms with E-state index in [9.17, 15) is 4.79 Å². The molecule has 1 aliphatic heterocycles. The Balaban J connectivity index is 1.37. The lowest BCUT2D eigenvalue weighted by molar-refractivity contribution is 0.0751. The van der Waals surface area contributed by atoms with Crippen molar-refractivity contribution in [3.8, 4) is 0 Å². The first-order valence-corrected chi connectivity index (χ1v) is 10.0. The number of benzene rings is 2. The number of fused-ring (bicyclic) bond motifs is 1. The van der Waals surface area contributed by atoms with Crippen LogP contribution in [0.3, 0.4) is 0 Å². The smallest absolute Gasteiger partial charge is 0.267 e. The fraction of sp³-hybridized carbons (Fsp3) is 0.333. The van der Waals surface area contributed by atoms with Crippen LogP contribution in [0.2, 0.25) is 0 Å². The van der Waals surface area contributed by atoms with E-state index < -0.39 is 0 Å². The third-order valence-corrected chi connectivity index (χ3v) is 5.34. The maximum atomic E-state index is 12.6. The van der Waals surface area contributed by atoms with E-state index in [0.717, 1.165) is 22.2 Å². The molecule has 0 spiro atoms. The molecule has 0 saturated heterocycles. The number of H-pyrrole nitrogens is 1. The van der Waals surface area contributed by atoms with Gasteiger partial charge in [0.1, 0.15) is 11.8 Å². The normalized spacial score (nSPS) is 16.6. The molecule has 1 aromatic heterocycles. The van der Waals surface area contributed by atoms with Crippen molar-refractivity contribution < 1.29 is 9.63 Å². The molecule has 4 rings (SSSR count). The summed E-state index contributed by atoms with van der Waals surface area (Å²) in [6, 6.07) is 16.4. The summed E-state index contributed by atoms with van der Waals surface area (Å²) < 4.78 is 0. The van der Waals surface area contributed by atoms with Crippen molar-refractivity contribution in [1.29, 1.82) is 0 Å². The van der Waals surface area contributed by atoms with Crippen molar-refractivity contribution in [3.63, 3.8) is 0 Å². The Hall–Kier alpha value is -3.08. The van der Waals surface area contributed by atoms with Gasteiger partial charge in [0.05, 0.1) is 12.3 Å². The Labute approximate surface area is 171 Å².